The number of carbonyl (C=O) groups excluding carboxylic acids is 1. The van der Waals surface area contributed by atoms with Crippen LogP contribution in [0.15, 0.2) is 24.3 Å². The lowest BCUT2D eigenvalue weighted by Gasteiger charge is -2.01. The number of hydrogen-bond acceptors (Lipinski definition) is 3. The van der Waals surface area contributed by atoms with Gasteiger partial charge >= 0.3 is 0 Å². The highest BCUT2D eigenvalue weighted by Crippen LogP contribution is 2.10. The van der Waals surface area contributed by atoms with E-state index in [9.17, 15) is 4.79 Å². The molecule has 1 N–H and O–H groups in total. The first kappa shape index (κ1) is 9.67. The van der Waals surface area contributed by atoms with E-state index in [4.69, 9.17) is 4.74 Å². The lowest BCUT2D eigenvalue weighted by molar-refractivity contribution is 0.0979. The molecule has 13 heavy (non-hydrogen) atoms. The van der Waals surface area contributed by atoms with Crippen molar-refractivity contribution in [3.8, 4) is 5.75 Å². The zero-order chi connectivity index (χ0) is 9.68. The van der Waals surface area contributed by atoms with Gasteiger partial charge in [0.1, 0.15) is 5.75 Å². The van der Waals surface area contributed by atoms with E-state index in [1.165, 1.54) is 5.49 Å². The van der Waals surface area contributed by atoms with E-state index in [0.29, 0.717) is 5.56 Å². The average molecular weight is 195 g/mol. The van der Waals surface area contributed by atoms with Gasteiger partial charge in [-0.25, -0.2) is 0 Å². The van der Waals surface area contributed by atoms with Gasteiger partial charge in [-0.05, 0) is 24.3 Å². The fourth-order valence-electron chi connectivity index (χ4n) is 0.879. The lowest BCUT2D eigenvalue weighted by atomic mass is 10.2. The molecule has 4 heteroatoms. The molecule has 0 bridgehead atoms. The number of rotatable bonds is 3. The number of nitrogens with one attached hydrogen (secondary N) is 1. The molecule has 1 aromatic rings. The van der Waals surface area contributed by atoms with E-state index in [1.54, 1.807) is 31.4 Å². The summed E-state index contributed by atoms with van der Waals surface area (Å²) in [6, 6.07) is 6.79. The summed E-state index contributed by atoms with van der Waals surface area (Å²) < 4.78 is 4.95. The highest BCUT2D eigenvalue weighted by molar-refractivity contribution is 7.78. The monoisotopic (exact) mass is 195 g/mol. The van der Waals surface area contributed by atoms with Crippen molar-refractivity contribution in [2.45, 2.75) is 0 Å². The Morgan fingerprint density at radius 2 is 2.08 bits per heavy atom. The summed E-state index contributed by atoms with van der Waals surface area (Å²) in [6.45, 7) is 0. The Labute approximate surface area is 81.7 Å². The van der Waals surface area contributed by atoms with Crippen LogP contribution in [0.25, 0.3) is 0 Å². The molecule has 0 aliphatic heterocycles. The molecule has 0 aliphatic rings. The molecule has 68 valence electrons. The number of hydrogen-bond donors (Lipinski definition) is 1. The van der Waals surface area contributed by atoms with Crippen LogP contribution in [-0.2, 0) is 0 Å². The third kappa shape index (κ3) is 2.52. The second-order valence-electron chi connectivity index (χ2n) is 2.32. The van der Waals surface area contributed by atoms with Crippen LogP contribution in [0.1, 0.15) is 10.4 Å². The molecule has 0 spiro atoms. The first-order valence-corrected chi connectivity index (χ1v) is 4.13. The van der Waals surface area contributed by atoms with Crippen molar-refractivity contribution >= 4 is 23.6 Å². The number of methoxy groups -OCH3 is 1. The molecule has 0 aromatic heterocycles. The minimum atomic E-state index is -0.211. The quantitative estimate of drug-likeness (QED) is 0.740. The lowest BCUT2D eigenvalue weighted by Crippen LogP contribution is -2.20. The van der Waals surface area contributed by atoms with E-state index in [1.807, 2.05) is 0 Å². The molecule has 1 amide bonds. The first-order valence-electron chi connectivity index (χ1n) is 3.66. The SMILES string of the molecule is COc1ccc(C(=O)NC=S)cc1. The van der Waals surface area contributed by atoms with Gasteiger partial charge in [0.15, 0.2) is 0 Å². The average Bonchev–Trinajstić information content (AvgIpc) is 2.18. The van der Waals surface area contributed by atoms with E-state index in [0.717, 1.165) is 5.75 Å². The van der Waals surface area contributed by atoms with Crippen molar-refractivity contribution in [1.82, 2.24) is 5.32 Å². The van der Waals surface area contributed by atoms with Gasteiger partial charge in [0.05, 0.1) is 12.6 Å². The molecule has 0 atom stereocenters. The Morgan fingerprint density at radius 3 is 2.54 bits per heavy atom. The van der Waals surface area contributed by atoms with Crippen LogP contribution in [0.5, 0.6) is 5.75 Å². The van der Waals surface area contributed by atoms with Crippen LogP contribution in [-0.4, -0.2) is 18.5 Å². The van der Waals surface area contributed by atoms with Crippen LogP contribution in [0.3, 0.4) is 0 Å². The Bertz CT molecular complexity index is 308. The van der Waals surface area contributed by atoms with Crippen molar-refractivity contribution in [2.24, 2.45) is 0 Å². The third-order valence-electron chi connectivity index (χ3n) is 1.54. The summed E-state index contributed by atoms with van der Waals surface area (Å²) in [7, 11) is 1.58. The van der Waals surface area contributed by atoms with E-state index in [2.05, 4.69) is 17.5 Å². The van der Waals surface area contributed by atoms with Crippen molar-refractivity contribution in [2.75, 3.05) is 7.11 Å². The summed E-state index contributed by atoms with van der Waals surface area (Å²) >= 11 is 4.50. The highest BCUT2D eigenvalue weighted by Gasteiger charge is 2.02. The van der Waals surface area contributed by atoms with E-state index < -0.39 is 0 Å². The maximum atomic E-state index is 11.2. The molecule has 0 saturated heterocycles. The first-order chi connectivity index (χ1) is 6.27. The van der Waals surface area contributed by atoms with Gasteiger partial charge in [-0.2, -0.15) is 0 Å². The van der Waals surface area contributed by atoms with Crippen molar-refractivity contribution in [3.63, 3.8) is 0 Å². The number of ether oxygens (including phenoxy) is 1. The molecular formula is C9H9NO2S. The minimum absolute atomic E-state index is 0.211. The van der Waals surface area contributed by atoms with Crippen LogP contribution >= 0.6 is 12.2 Å². The Hall–Kier alpha value is -1.42. The summed E-state index contributed by atoms with van der Waals surface area (Å²) in [4.78, 5) is 11.2. The Balaban J connectivity index is 2.79. The summed E-state index contributed by atoms with van der Waals surface area (Å²) in [5, 5.41) is 2.41. The molecule has 0 aliphatic carbocycles. The van der Waals surface area contributed by atoms with E-state index in [-0.39, 0.29) is 5.91 Å². The molecule has 0 fully saturated rings. The minimum Gasteiger partial charge on any atom is -0.497 e. The standard InChI is InChI=1S/C9H9NO2S/c1-12-8-4-2-7(3-5-8)9(11)10-6-13/h2-6H,1H3,(H,10,11,13). The Morgan fingerprint density at radius 1 is 1.46 bits per heavy atom. The fourth-order valence-corrected chi connectivity index (χ4v) is 0.986. The van der Waals surface area contributed by atoms with Crippen LogP contribution in [0.2, 0.25) is 0 Å². The number of thiocarbonyl (C=S) groups is 1. The van der Waals surface area contributed by atoms with Crippen molar-refractivity contribution in [3.05, 3.63) is 29.8 Å². The molecule has 1 aromatic carbocycles. The van der Waals surface area contributed by atoms with E-state index >= 15 is 0 Å². The van der Waals surface area contributed by atoms with Gasteiger partial charge < -0.3 is 10.1 Å². The topological polar surface area (TPSA) is 38.3 Å². The van der Waals surface area contributed by atoms with Crippen LogP contribution in [0, 0.1) is 0 Å². The molecule has 0 heterocycles. The highest BCUT2D eigenvalue weighted by atomic mass is 32.1. The smallest absolute Gasteiger partial charge is 0.255 e. The maximum absolute atomic E-state index is 11.2. The predicted octanol–water partition coefficient (Wildman–Crippen LogP) is 1.38. The number of amides is 1. The second-order valence-corrected chi connectivity index (χ2v) is 2.56. The summed E-state index contributed by atoms with van der Waals surface area (Å²) in [6.07, 6.45) is 0. The van der Waals surface area contributed by atoms with Gasteiger partial charge in [-0.15, -0.1) is 0 Å². The molecule has 0 saturated carbocycles. The fraction of sp³-hybridized carbons (Fsp3) is 0.111. The van der Waals surface area contributed by atoms with Crippen LogP contribution < -0.4 is 10.1 Å². The van der Waals surface area contributed by atoms with Gasteiger partial charge in [0.2, 0.25) is 0 Å². The van der Waals surface area contributed by atoms with Gasteiger partial charge in [0.25, 0.3) is 5.91 Å². The molecule has 1 rings (SSSR count). The Kier molecular flexibility index (Phi) is 3.40. The van der Waals surface area contributed by atoms with Gasteiger partial charge in [0, 0.05) is 5.56 Å². The third-order valence-corrected chi connectivity index (χ3v) is 1.66. The van der Waals surface area contributed by atoms with Gasteiger partial charge in [-0.3, -0.25) is 4.79 Å². The molecule has 0 radical (unpaired) electrons. The predicted molar refractivity (Wildman–Crippen MR) is 54.1 cm³/mol. The van der Waals surface area contributed by atoms with Crippen LogP contribution in [0.4, 0.5) is 0 Å². The second kappa shape index (κ2) is 4.57. The number of carbonyl (C=O) groups is 1. The zero-order valence-electron chi connectivity index (χ0n) is 7.11. The molecule has 0 unspecified atom stereocenters. The maximum Gasteiger partial charge on any atom is 0.255 e. The molecular weight excluding hydrogens is 186 g/mol. The van der Waals surface area contributed by atoms with Crippen molar-refractivity contribution in [1.29, 1.82) is 0 Å². The summed E-state index contributed by atoms with van der Waals surface area (Å²) in [5.74, 6) is 0.511. The van der Waals surface area contributed by atoms with Crippen molar-refractivity contribution < 1.29 is 9.53 Å². The largest absolute Gasteiger partial charge is 0.497 e. The summed E-state index contributed by atoms with van der Waals surface area (Å²) in [5.41, 5.74) is 1.74. The van der Waals surface area contributed by atoms with Gasteiger partial charge in [-0.1, -0.05) is 12.2 Å². The normalized spacial score (nSPS) is 9.00. The molecule has 3 nitrogen and oxygen atoms in total. The number of benzene rings is 1. The zero-order valence-corrected chi connectivity index (χ0v) is 7.93.